The molecule has 0 aromatic heterocycles. The van der Waals surface area contributed by atoms with Gasteiger partial charge in [0, 0.05) is 54.4 Å². The second kappa shape index (κ2) is 22.9. The van der Waals surface area contributed by atoms with E-state index in [1.54, 1.807) is 55.7 Å². The third kappa shape index (κ3) is 8.52. The Balaban J connectivity index is 0.000000161. The molecular formula is C80H113N. The second-order valence-electron chi connectivity index (χ2n) is 26.9. The van der Waals surface area contributed by atoms with Crippen molar-refractivity contribution in [3.05, 3.63) is 209 Å². The van der Waals surface area contributed by atoms with E-state index in [1.165, 1.54) is 89.5 Å². The molecule has 4 fully saturated rings. The largest absolute Gasteiger partial charge is 0.401 e. The molecule has 4 saturated carbocycles. The van der Waals surface area contributed by atoms with Gasteiger partial charge in [-0.15, -0.1) is 0 Å². The van der Waals surface area contributed by atoms with Gasteiger partial charge in [0.05, 0.1) is 0 Å². The molecule has 1 heteroatoms. The van der Waals surface area contributed by atoms with Crippen LogP contribution in [0.1, 0.15) is 237 Å². The van der Waals surface area contributed by atoms with Crippen molar-refractivity contribution in [2.24, 2.45) is 54.5 Å². The van der Waals surface area contributed by atoms with Crippen molar-refractivity contribution in [1.82, 2.24) is 0 Å². The SMILES string of the molecule is C/C=C(/C)C(CC)(CC)/C(C)=C\C.C/C=C1/C=C(C)C2(CC)/C(=C\C)C=C(C)C12CC.CC=C1C2=CC=C(CC)C3(C)CC24CC1(C)C(CC)=CC=C4/C3=C/C.CC=C1C2=CC=C(N)C3(C)CC24CC1(C)C(CC)=CC(C)=C4/C3=C\C. The molecule has 0 radical (unpaired) electrons. The van der Waals surface area contributed by atoms with Gasteiger partial charge in [0.25, 0.3) is 0 Å². The van der Waals surface area contributed by atoms with E-state index in [1.807, 2.05) is 0 Å². The van der Waals surface area contributed by atoms with Crippen LogP contribution in [-0.2, 0) is 0 Å². The molecule has 6 bridgehead atoms. The average molecular weight is 1090 g/mol. The van der Waals surface area contributed by atoms with Crippen LogP contribution in [0.5, 0.6) is 0 Å². The predicted octanol–water partition coefficient (Wildman–Crippen LogP) is 23.7. The lowest BCUT2D eigenvalue weighted by atomic mass is 9.57. The van der Waals surface area contributed by atoms with Crippen molar-refractivity contribution in [3.8, 4) is 0 Å². The molecule has 10 rings (SSSR count). The standard InChI is InChI=1S/C25H32.C24H31N.C18H26.C13H24/c1-7-17-11-13-21-20(10-4)24(6)16-25(21)15-23(17,5)19(9-3)22(25)14-12-18(24)8-2;1-7-16-12-15(4)21-18(9-3)23(6)14-24(21)13-22(16,5)17(8-2)19(24)10-11-20(23)25;1-7-15-11-13(5)18(10-4)16(8-2)12-14(6)17(15,18)9-3;1-7-11(5)13(9-3,10-4)12(6)8-2/h9-14H,7-8,15-16H2,1-6H3;8-12H,7,13-14,25H2,1-6H3;7-8,11-12H,9-10H2,1-6H3;7-8H,9-10H2,1-6H3/b19-9-,20-10?;17-8?,18-9+;15-7-,16-8-;11-7-,12-8-. The number of nitrogens with two attached hydrogens (primary N) is 1. The molecule has 0 heterocycles. The zero-order valence-electron chi connectivity index (χ0n) is 56.2. The fourth-order valence-corrected chi connectivity index (χ4v) is 20.6. The predicted molar refractivity (Wildman–Crippen MR) is 357 cm³/mol. The molecule has 2 spiro atoms. The summed E-state index contributed by atoms with van der Waals surface area (Å²) in [5, 5.41) is 0. The number of fused-ring (bicyclic) bond motifs is 5. The third-order valence-corrected chi connectivity index (χ3v) is 24.4. The topological polar surface area (TPSA) is 26.0 Å². The van der Waals surface area contributed by atoms with Crippen LogP contribution in [0, 0.1) is 48.7 Å². The molecule has 8 unspecified atom stereocenters. The van der Waals surface area contributed by atoms with Crippen LogP contribution in [0.25, 0.3) is 0 Å². The fraction of sp³-hybridized carbons (Fsp3) is 0.550. The minimum Gasteiger partial charge on any atom is -0.401 e. The summed E-state index contributed by atoms with van der Waals surface area (Å²) in [6.45, 7) is 55.0. The second-order valence-corrected chi connectivity index (χ2v) is 26.9. The first kappa shape index (κ1) is 63.7. The monoisotopic (exact) mass is 1090 g/mol. The van der Waals surface area contributed by atoms with E-state index in [-0.39, 0.29) is 43.3 Å². The van der Waals surface area contributed by atoms with Gasteiger partial charge in [-0.2, -0.15) is 0 Å². The van der Waals surface area contributed by atoms with Crippen molar-refractivity contribution in [3.63, 3.8) is 0 Å². The molecule has 10 aliphatic rings. The van der Waals surface area contributed by atoms with Gasteiger partial charge in [-0.05, 0) is 235 Å². The van der Waals surface area contributed by atoms with E-state index < -0.39 is 0 Å². The van der Waals surface area contributed by atoms with E-state index in [9.17, 15) is 0 Å². The summed E-state index contributed by atoms with van der Waals surface area (Å²) in [4.78, 5) is 0. The highest BCUT2D eigenvalue weighted by Crippen LogP contribution is 2.77. The highest BCUT2D eigenvalue weighted by molar-refractivity contribution is 5.72. The maximum Gasteiger partial charge on any atom is 0.0331 e. The Kier molecular flexibility index (Phi) is 18.0. The Morgan fingerprint density at radius 2 is 0.815 bits per heavy atom. The lowest BCUT2D eigenvalue weighted by Crippen LogP contribution is -2.38. The molecule has 0 saturated heterocycles. The number of hydrogen-bond acceptors (Lipinski definition) is 1. The number of allylic oxidation sites excluding steroid dienone is 35. The summed E-state index contributed by atoms with van der Waals surface area (Å²) in [6.07, 6.45) is 53.4. The summed E-state index contributed by atoms with van der Waals surface area (Å²) >= 11 is 0. The van der Waals surface area contributed by atoms with Gasteiger partial charge in [0.2, 0.25) is 0 Å². The van der Waals surface area contributed by atoms with Crippen LogP contribution < -0.4 is 5.73 Å². The van der Waals surface area contributed by atoms with Gasteiger partial charge in [0.1, 0.15) is 0 Å². The Bertz CT molecular complexity index is 3030. The Labute approximate surface area is 497 Å². The van der Waals surface area contributed by atoms with Crippen molar-refractivity contribution >= 4 is 0 Å². The van der Waals surface area contributed by atoms with Gasteiger partial charge >= 0.3 is 0 Å². The molecule has 1 nitrogen and oxygen atoms in total. The minimum absolute atomic E-state index is 0.0503. The summed E-state index contributed by atoms with van der Waals surface area (Å²) in [6, 6.07) is 0. The van der Waals surface area contributed by atoms with Crippen LogP contribution in [0.2, 0.25) is 0 Å². The van der Waals surface area contributed by atoms with Crippen molar-refractivity contribution in [2.75, 3.05) is 0 Å². The molecule has 8 atom stereocenters. The molecule has 81 heavy (non-hydrogen) atoms. The first-order valence-electron chi connectivity index (χ1n) is 32.4. The quantitative estimate of drug-likeness (QED) is 0.229. The van der Waals surface area contributed by atoms with Gasteiger partial charge in [0.15, 0.2) is 0 Å². The van der Waals surface area contributed by atoms with Crippen LogP contribution in [0.4, 0.5) is 0 Å². The Hall–Kier alpha value is -4.88. The summed E-state index contributed by atoms with van der Waals surface area (Å²) in [7, 11) is 0. The van der Waals surface area contributed by atoms with E-state index in [4.69, 9.17) is 5.73 Å². The van der Waals surface area contributed by atoms with E-state index >= 15 is 0 Å². The summed E-state index contributed by atoms with van der Waals surface area (Å²) < 4.78 is 0. The van der Waals surface area contributed by atoms with E-state index in [2.05, 4.69) is 269 Å². The fourth-order valence-electron chi connectivity index (χ4n) is 20.6. The Morgan fingerprint density at radius 3 is 1.16 bits per heavy atom. The first-order valence-corrected chi connectivity index (χ1v) is 32.4. The maximum absolute atomic E-state index is 6.62. The molecular weight excluding hydrogens is 975 g/mol. The van der Waals surface area contributed by atoms with Crippen molar-refractivity contribution in [2.45, 2.75) is 237 Å². The van der Waals surface area contributed by atoms with Crippen LogP contribution >= 0.6 is 0 Å². The lowest BCUT2D eigenvalue weighted by Gasteiger charge is -2.45. The molecule has 438 valence electrons. The highest BCUT2D eigenvalue weighted by atomic mass is 14.7. The van der Waals surface area contributed by atoms with Gasteiger partial charge in [-0.3, -0.25) is 0 Å². The number of hydrogen-bond donors (Lipinski definition) is 1. The molecule has 0 amide bonds. The number of rotatable bonds is 9. The van der Waals surface area contributed by atoms with Crippen molar-refractivity contribution < 1.29 is 0 Å². The molecule has 0 aliphatic heterocycles. The van der Waals surface area contributed by atoms with E-state index in [0.29, 0.717) is 5.41 Å². The normalized spacial score (nSPS) is 37.2. The maximum atomic E-state index is 6.62. The molecule has 0 aromatic carbocycles. The summed E-state index contributed by atoms with van der Waals surface area (Å²) in [5.41, 5.74) is 37.0. The zero-order valence-corrected chi connectivity index (χ0v) is 56.2. The smallest absolute Gasteiger partial charge is 0.0331 e. The average Bonchev–Trinajstić information content (AvgIpc) is 2.19. The van der Waals surface area contributed by atoms with E-state index in [0.717, 1.165) is 31.4 Å². The van der Waals surface area contributed by atoms with Crippen LogP contribution in [0.3, 0.4) is 0 Å². The van der Waals surface area contributed by atoms with Crippen LogP contribution in [0.15, 0.2) is 209 Å². The molecule has 10 aliphatic carbocycles. The Morgan fingerprint density at radius 1 is 0.457 bits per heavy atom. The third-order valence-electron chi connectivity index (χ3n) is 24.4. The van der Waals surface area contributed by atoms with Gasteiger partial charge in [-0.25, -0.2) is 0 Å². The zero-order chi connectivity index (χ0) is 60.3. The van der Waals surface area contributed by atoms with Crippen molar-refractivity contribution in [1.29, 1.82) is 0 Å². The van der Waals surface area contributed by atoms with Gasteiger partial charge in [-0.1, -0.05) is 205 Å². The lowest BCUT2D eigenvalue weighted by molar-refractivity contribution is 0.220. The summed E-state index contributed by atoms with van der Waals surface area (Å²) in [5.74, 6) is 0. The molecule has 0 aromatic rings. The minimum atomic E-state index is -0.0503. The van der Waals surface area contributed by atoms with Gasteiger partial charge < -0.3 is 5.73 Å². The highest BCUT2D eigenvalue weighted by Gasteiger charge is 2.66. The first-order chi connectivity index (χ1) is 38.3. The molecule has 2 N–H and O–H groups in total. The van der Waals surface area contributed by atoms with Crippen LogP contribution in [-0.4, -0.2) is 0 Å².